The molecule has 1 aromatic heterocycles. The van der Waals surface area contributed by atoms with Crippen LogP contribution in [-0.4, -0.2) is 19.0 Å². The molecule has 1 aromatic rings. The highest BCUT2D eigenvalue weighted by atomic mass is 32.1. The van der Waals surface area contributed by atoms with E-state index in [2.05, 4.69) is 35.1 Å². The highest BCUT2D eigenvalue weighted by Crippen LogP contribution is 2.39. The van der Waals surface area contributed by atoms with Crippen molar-refractivity contribution >= 4 is 17.2 Å². The first-order valence-electron chi connectivity index (χ1n) is 8.30. The minimum absolute atomic E-state index is 0.186. The predicted octanol–water partition coefficient (Wildman–Crippen LogP) is 3.49. The number of hydrogen-bond donors (Lipinski definition) is 2. The standard InChI is InChI=1S/C17H26N2OS/c1-2-17(9-10-18-12-17)16(20)19-15(13-6-3-4-7-13)14-8-5-11-21-14/h5,8,11,13,15,18H,2-4,6-7,9-10,12H2,1H3,(H,19,20). The van der Waals surface area contributed by atoms with Gasteiger partial charge in [0.2, 0.25) is 5.91 Å². The van der Waals surface area contributed by atoms with Crippen molar-refractivity contribution in [3.63, 3.8) is 0 Å². The van der Waals surface area contributed by atoms with Crippen molar-refractivity contribution in [3.8, 4) is 0 Å². The summed E-state index contributed by atoms with van der Waals surface area (Å²) in [5.41, 5.74) is -0.186. The van der Waals surface area contributed by atoms with Gasteiger partial charge in [-0.05, 0) is 49.6 Å². The lowest BCUT2D eigenvalue weighted by Crippen LogP contribution is -2.44. The second-order valence-electron chi connectivity index (χ2n) is 6.57. The van der Waals surface area contributed by atoms with Crippen LogP contribution in [0.1, 0.15) is 56.4 Å². The maximum Gasteiger partial charge on any atom is 0.228 e. The zero-order chi connectivity index (χ0) is 14.7. The van der Waals surface area contributed by atoms with Crippen LogP contribution in [0.25, 0.3) is 0 Å². The number of carbonyl (C=O) groups excluding carboxylic acids is 1. The van der Waals surface area contributed by atoms with Gasteiger partial charge in [-0.2, -0.15) is 0 Å². The zero-order valence-electron chi connectivity index (χ0n) is 12.9. The Morgan fingerprint density at radius 1 is 1.52 bits per heavy atom. The van der Waals surface area contributed by atoms with Gasteiger partial charge in [-0.1, -0.05) is 25.8 Å². The summed E-state index contributed by atoms with van der Waals surface area (Å²) in [5.74, 6) is 0.885. The molecule has 0 aromatic carbocycles. The first-order chi connectivity index (χ1) is 10.2. The average molecular weight is 306 g/mol. The Hall–Kier alpha value is -0.870. The molecule has 0 radical (unpaired) electrons. The van der Waals surface area contributed by atoms with Crippen LogP contribution in [0.2, 0.25) is 0 Å². The first kappa shape index (κ1) is 15.0. The fraction of sp³-hybridized carbons (Fsp3) is 0.706. The Balaban J connectivity index is 1.76. The van der Waals surface area contributed by atoms with Gasteiger partial charge in [0.05, 0.1) is 11.5 Å². The van der Waals surface area contributed by atoms with Gasteiger partial charge in [-0.25, -0.2) is 0 Å². The Morgan fingerprint density at radius 2 is 2.33 bits per heavy atom. The summed E-state index contributed by atoms with van der Waals surface area (Å²) >= 11 is 1.78. The molecule has 4 heteroatoms. The van der Waals surface area contributed by atoms with Crippen LogP contribution in [0.5, 0.6) is 0 Å². The van der Waals surface area contributed by atoms with Gasteiger partial charge in [0, 0.05) is 11.4 Å². The van der Waals surface area contributed by atoms with Crippen molar-refractivity contribution in [1.82, 2.24) is 10.6 Å². The molecule has 21 heavy (non-hydrogen) atoms. The fourth-order valence-corrected chi connectivity index (χ4v) is 4.74. The number of amides is 1. The maximum atomic E-state index is 12.9. The molecule has 1 aliphatic heterocycles. The van der Waals surface area contributed by atoms with Crippen molar-refractivity contribution in [1.29, 1.82) is 0 Å². The lowest BCUT2D eigenvalue weighted by molar-refractivity contribution is -0.131. The molecular formula is C17H26N2OS. The second-order valence-corrected chi connectivity index (χ2v) is 7.55. The minimum atomic E-state index is -0.186. The monoisotopic (exact) mass is 306 g/mol. The van der Waals surface area contributed by atoms with Crippen molar-refractivity contribution in [2.24, 2.45) is 11.3 Å². The molecule has 0 spiro atoms. The largest absolute Gasteiger partial charge is 0.348 e. The van der Waals surface area contributed by atoms with Gasteiger partial charge in [0.25, 0.3) is 0 Å². The van der Waals surface area contributed by atoms with E-state index in [9.17, 15) is 4.79 Å². The van der Waals surface area contributed by atoms with Crippen molar-refractivity contribution in [2.75, 3.05) is 13.1 Å². The smallest absolute Gasteiger partial charge is 0.228 e. The van der Waals surface area contributed by atoms with Gasteiger partial charge >= 0.3 is 0 Å². The predicted molar refractivity (Wildman–Crippen MR) is 87.4 cm³/mol. The first-order valence-corrected chi connectivity index (χ1v) is 9.18. The molecule has 2 heterocycles. The Kier molecular flexibility index (Phi) is 4.65. The van der Waals surface area contributed by atoms with E-state index >= 15 is 0 Å². The molecule has 1 saturated carbocycles. The molecule has 2 atom stereocenters. The van der Waals surface area contributed by atoms with Crippen LogP contribution in [0.15, 0.2) is 17.5 Å². The van der Waals surface area contributed by atoms with Crippen molar-refractivity contribution in [3.05, 3.63) is 22.4 Å². The SMILES string of the molecule is CCC1(C(=O)NC(c2cccs2)C2CCCC2)CCNC1. The quantitative estimate of drug-likeness (QED) is 0.874. The lowest BCUT2D eigenvalue weighted by Gasteiger charge is -2.31. The van der Waals surface area contributed by atoms with Crippen LogP contribution in [0.4, 0.5) is 0 Å². The van der Waals surface area contributed by atoms with Crippen LogP contribution >= 0.6 is 11.3 Å². The molecule has 2 N–H and O–H groups in total. The Labute approximate surface area is 131 Å². The van der Waals surface area contributed by atoms with E-state index in [0.717, 1.165) is 25.9 Å². The number of rotatable bonds is 5. The van der Waals surface area contributed by atoms with E-state index in [1.165, 1.54) is 30.6 Å². The van der Waals surface area contributed by atoms with Gasteiger partial charge < -0.3 is 10.6 Å². The molecule has 2 unspecified atom stereocenters. The van der Waals surface area contributed by atoms with E-state index in [1.54, 1.807) is 11.3 Å². The van der Waals surface area contributed by atoms with Crippen molar-refractivity contribution < 1.29 is 4.79 Å². The molecule has 1 saturated heterocycles. The normalized spacial score (nSPS) is 27.9. The highest BCUT2D eigenvalue weighted by Gasteiger charge is 2.41. The highest BCUT2D eigenvalue weighted by molar-refractivity contribution is 7.10. The molecule has 3 rings (SSSR count). The molecule has 1 amide bonds. The molecule has 1 aliphatic carbocycles. The zero-order valence-corrected chi connectivity index (χ0v) is 13.7. The number of thiophene rings is 1. The van der Waals surface area contributed by atoms with E-state index in [4.69, 9.17) is 0 Å². The third kappa shape index (κ3) is 3.02. The summed E-state index contributed by atoms with van der Waals surface area (Å²) in [4.78, 5) is 14.2. The molecule has 2 aliphatic rings. The van der Waals surface area contributed by atoms with Crippen LogP contribution in [-0.2, 0) is 4.79 Å². The molecule has 0 bridgehead atoms. The average Bonchev–Trinajstić information content (AvgIpc) is 3.27. The number of carbonyl (C=O) groups is 1. The molecule has 2 fully saturated rings. The van der Waals surface area contributed by atoms with Gasteiger partial charge in [0.15, 0.2) is 0 Å². The Bertz CT molecular complexity index is 459. The van der Waals surface area contributed by atoms with E-state index in [-0.39, 0.29) is 17.4 Å². The minimum Gasteiger partial charge on any atom is -0.348 e. The van der Waals surface area contributed by atoms with E-state index < -0.39 is 0 Å². The molecule has 116 valence electrons. The van der Waals surface area contributed by atoms with Gasteiger partial charge in [-0.3, -0.25) is 4.79 Å². The number of nitrogens with one attached hydrogen (secondary N) is 2. The van der Waals surface area contributed by atoms with Gasteiger partial charge in [0.1, 0.15) is 0 Å². The van der Waals surface area contributed by atoms with E-state index in [1.807, 2.05) is 0 Å². The second kappa shape index (κ2) is 6.49. The van der Waals surface area contributed by atoms with E-state index in [0.29, 0.717) is 5.92 Å². The Morgan fingerprint density at radius 3 is 2.90 bits per heavy atom. The van der Waals surface area contributed by atoms with Gasteiger partial charge in [-0.15, -0.1) is 11.3 Å². The lowest BCUT2D eigenvalue weighted by atomic mass is 9.82. The summed E-state index contributed by atoms with van der Waals surface area (Å²) in [6.45, 7) is 3.94. The maximum absolute atomic E-state index is 12.9. The summed E-state index contributed by atoms with van der Waals surface area (Å²) in [5, 5.41) is 8.91. The summed E-state index contributed by atoms with van der Waals surface area (Å²) in [6, 6.07) is 4.50. The third-order valence-electron chi connectivity index (χ3n) is 5.41. The summed E-state index contributed by atoms with van der Waals surface area (Å²) in [6.07, 6.45) is 7.01. The van der Waals surface area contributed by atoms with Crippen LogP contribution < -0.4 is 10.6 Å². The summed E-state index contributed by atoms with van der Waals surface area (Å²) < 4.78 is 0. The molecular weight excluding hydrogens is 280 g/mol. The van der Waals surface area contributed by atoms with Crippen LogP contribution in [0.3, 0.4) is 0 Å². The summed E-state index contributed by atoms with van der Waals surface area (Å²) in [7, 11) is 0. The third-order valence-corrected chi connectivity index (χ3v) is 6.37. The topological polar surface area (TPSA) is 41.1 Å². The molecule has 3 nitrogen and oxygen atoms in total. The number of hydrogen-bond acceptors (Lipinski definition) is 3. The fourth-order valence-electron chi connectivity index (χ4n) is 3.87. The van der Waals surface area contributed by atoms with Crippen LogP contribution in [0, 0.1) is 11.3 Å². The van der Waals surface area contributed by atoms with Crippen molar-refractivity contribution in [2.45, 2.75) is 51.5 Å².